The Labute approximate surface area is 142 Å². The number of rotatable bonds is 7. The van der Waals surface area contributed by atoms with Crippen LogP contribution in [-0.2, 0) is 12.8 Å². The standard InChI is InChI=1S/C20H24FN3/c1-14-10-17(5-7-19(14)21)11-15(2)22-9-3-4-16-6-8-20-18(12-16)13-23-24-20/h5-8,10,12-13,15,22H,3-4,9,11H2,1-2H3,(H,23,24). The first kappa shape index (κ1) is 16.7. The van der Waals surface area contributed by atoms with Crippen LogP contribution in [-0.4, -0.2) is 22.8 Å². The molecule has 1 heterocycles. The molecule has 0 aliphatic rings. The van der Waals surface area contributed by atoms with Crippen LogP contribution < -0.4 is 5.32 Å². The van der Waals surface area contributed by atoms with Crippen LogP contribution in [0.3, 0.4) is 0 Å². The van der Waals surface area contributed by atoms with Gasteiger partial charge in [0.2, 0.25) is 0 Å². The Bertz CT molecular complexity index is 810. The summed E-state index contributed by atoms with van der Waals surface area (Å²) in [5, 5.41) is 11.7. The van der Waals surface area contributed by atoms with Crippen LogP contribution in [0.4, 0.5) is 4.39 Å². The number of benzene rings is 2. The molecular formula is C20H24FN3. The highest BCUT2D eigenvalue weighted by Crippen LogP contribution is 2.14. The third-order valence-electron chi connectivity index (χ3n) is 4.40. The van der Waals surface area contributed by atoms with Crippen molar-refractivity contribution in [1.82, 2.24) is 15.5 Å². The molecule has 1 atom stereocenters. The first-order valence-corrected chi connectivity index (χ1v) is 8.52. The van der Waals surface area contributed by atoms with Gasteiger partial charge in [-0.1, -0.05) is 18.2 Å². The molecule has 0 fully saturated rings. The van der Waals surface area contributed by atoms with Gasteiger partial charge in [-0.3, -0.25) is 5.10 Å². The number of nitrogens with one attached hydrogen (secondary N) is 2. The minimum atomic E-state index is -0.131. The number of hydrogen-bond donors (Lipinski definition) is 2. The third kappa shape index (κ3) is 4.20. The highest BCUT2D eigenvalue weighted by atomic mass is 19.1. The molecule has 3 nitrogen and oxygen atoms in total. The average Bonchev–Trinajstić information content (AvgIpc) is 3.03. The molecule has 0 amide bonds. The van der Waals surface area contributed by atoms with Gasteiger partial charge in [-0.15, -0.1) is 0 Å². The molecule has 0 bridgehead atoms. The Balaban J connectivity index is 1.43. The molecule has 0 aliphatic carbocycles. The predicted molar refractivity (Wildman–Crippen MR) is 96.7 cm³/mol. The predicted octanol–water partition coefficient (Wildman–Crippen LogP) is 4.16. The van der Waals surface area contributed by atoms with E-state index in [1.807, 2.05) is 25.3 Å². The number of halogens is 1. The van der Waals surface area contributed by atoms with Crippen molar-refractivity contribution in [1.29, 1.82) is 0 Å². The van der Waals surface area contributed by atoms with E-state index in [0.717, 1.165) is 31.3 Å². The molecule has 4 heteroatoms. The van der Waals surface area contributed by atoms with E-state index in [-0.39, 0.29) is 5.82 Å². The molecule has 0 spiro atoms. The van der Waals surface area contributed by atoms with E-state index in [1.54, 1.807) is 6.07 Å². The van der Waals surface area contributed by atoms with Crippen LogP contribution in [0.1, 0.15) is 30.0 Å². The zero-order valence-electron chi connectivity index (χ0n) is 14.3. The van der Waals surface area contributed by atoms with E-state index in [1.165, 1.54) is 16.5 Å². The van der Waals surface area contributed by atoms with E-state index in [0.29, 0.717) is 11.6 Å². The molecule has 2 N–H and O–H groups in total. The molecule has 0 saturated heterocycles. The summed E-state index contributed by atoms with van der Waals surface area (Å²) < 4.78 is 13.3. The summed E-state index contributed by atoms with van der Waals surface area (Å²) in [4.78, 5) is 0. The maximum atomic E-state index is 13.3. The number of hydrogen-bond acceptors (Lipinski definition) is 2. The lowest BCUT2D eigenvalue weighted by Crippen LogP contribution is -2.29. The number of aromatic amines is 1. The van der Waals surface area contributed by atoms with Gasteiger partial charge in [0.25, 0.3) is 0 Å². The molecule has 0 radical (unpaired) electrons. The molecule has 1 aromatic heterocycles. The van der Waals surface area contributed by atoms with Gasteiger partial charge < -0.3 is 5.32 Å². The van der Waals surface area contributed by atoms with E-state index in [4.69, 9.17) is 0 Å². The van der Waals surface area contributed by atoms with E-state index in [9.17, 15) is 4.39 Å². The van der Waals surface area contributed by atoms with Crippen molar-refractivity contribution >= 4 is 10.9 Å². The number of aryl methyl sites for hydroxylation is 2. The van der Waals surface area contributed by atoms with Gasteiger partial charge in [0, 0.05) is 11.4 Å². The lowest BCUT2D eigenvalue weighted by Gasteiger charge is -2.14. The van der Waals surface area contributed by atoms with E-state index in [2.05, 4.69) is 40.6 Å². The fraction of sp³-hybridized carbons (Fsp3) is 0.350. The Hall–Kier alpha value is -2.20. The fourth-order valence-electron chi connectivity index (χ4n) is 3.05. The van der Waals surface area contributed by atoms with Gasteiger partial charge >= 0.3 is 0 Å². The van der Waals surface area contributed by atoms with Crippen molar-refractivity contribution in [3.8, 4) is 0 Å². The summed E-state index contributed by atoms with van der Waals surface area (Å²) in [6.07, 6.45) is 4.93. The van der Waals surface area contributed by atoms with Crippen LogP contribution in [0.5, 0.6) is 0 Å². The maximum absolute atomic E-state index is 13.3. The fourth-order valence-corrected chi connectivity index (χ4v) is 3.05. The van der Waals surface area contributed by atoms with Crippen LogP contribution in [0.15, 0.2) is 42.6 Å². The second-order valence-electron chi connectivity index (χ2n) is 6.54. The summed E-state index contributed by atoms with van der Waals surface area (Å²) in [5.74, 6) is -0.131. The van der Waals surface area contributed by atoms with Crippen molar-refractivity contribution in [2.75, 3.05) is 6.54 Å². The first-order chi connectivity index (χ1) is 11.6. The number of aromatic nitrogens is 2. The summed E-state index contributed by atoms with van der Waals surface area (Å²) in [5.41, 5.74) is 4.32. The molecule has 1 unspecified atom stereocenters. The summed E-state index contributed by atoms with van der Waals surface area (Å²) >= 11 is 0. The van der Waals surface area contributed by atoms with E-state index >= 15 is 0 Å². The molecular weight excluding hydrogens is 301 g/mol. The Morgan fingerprint density at radius 1 is 1.17 bits per heavy atom. The van der Waals surface area contributed by atoms with Crippen molar-refractivity contribution < 1.29 is 4.39 Å². The van der Waals surface area contributed by atoms with Crippen LogP contribution in [0.25, 0.3) is 10.9 Å². The highest BCUT2D eigenvalue weighted by molar-refractivity contribution is 5.78. The molecule has 2 aromatic carbocycles. The van der Waals surface area contributed by atoms with Crippen LogP contribution >= 0.6 is 0 Å². The van der Waals surface area contributed by atoms with Gasteiger partial charge in [0.1, 0.15) is 5.82 Å². The van der Waals surface area contributed by atoms with Gasteiger partial charge in [-0.25, -0.2) is 4.39 Å². The molecule has 3 rings (SSSR count). The third-order valence-corrected chi connectivity index (χ3v) is 4.40. The Morgan fingerprint density at radius 3 is 2.83 bits per heavy atom. The smallest absolute Gasteiger partial charge is 0.126 e. The molecule has 0 aliphatic heterocycles. The molecule has 0 saturated carbocycles. The molecule has 126 valence electrons. The molecule has 24 heavy (non-hydrogen) atoms. The van der Waals surface area contributed by atoms with Crippen molar-refractivity contribution in [2.24, 2.45) is 0 Å². The summed E-state index contributed by atoms with van der Waals surface area (Å²) in [6, 6.07) is 12.2. The second-order valence-corrected chi connectivity index (χ2v) is 6.54. The van der Waals surface area contributed by atoms with Crippen LogP contribution in [0, 0.1) is 12.7 Å². The molecule has 3 aromatic rings. The number of nitrogens with zero attached hydrogens (tertiary/aromatic N) is 1. The topological polar surface area (TPSA) is 40.7 Å². The minimum Gasteiger partial charge on any atom is -0.314 e. The summed E-state index contributed by atoms with van der Waals surface area (Å²) in [6.45, 7) is 4.97. The zero-order valence-corrected chi connectivity index (χ0v) is 14.3. The van der Waals surface area contributed by atoms with E-state index < -0.39 is 0 Å². The average molecular weight is 325 g/mol. The van der Waals surface area contributed by atoms with Gasteiger partial charge in [0.15, 0.2) is 0 Å². The van der Waals surface area contributed by atoms with Crippen LogP contribution in [0.2, 0.25) is 0 Å². The number of H-pyrrole nitrogens is 1. The maximum Gasteiger partial charge on any atom is 0.126 e. The van der Waals surface area contributed by atoms with Gasteiger partial charge in [-0.05, 0) is 74.5 Å². The Morgan fingerprint density at radius 2 is 2.00 bits per heavy atom. The largest absolute Gasteiger partial charge is 0.314 e. The first-order valence-electron chi connectivity index (χ1n) is 8.52. The lowest BCUT2D eigenvalue weighted by atomic mass is 10.0. The normalized spacial score (nSPS) is 12.6. The zero-order chi connectivity index (χ0) is 16.9. The SMILES string of the molecule is Cc1cc(CC(C)NCCCc2ccc3[nH]ncc3c2)ccc1F. The number of fused-ring (bicyclic) bond motifs is 1. The van der Waals surface area contributed by atoms with Crippen molar-refractivity contribution in [2.45, 2.75) is 39.2 Å². The van der Waals surface area contributed by atoms with Crippen molar-refractivity contribution in [3.05, 3.63) is 65.1 Å². The second kappa shape index (κ2) is 7.58. The highest BCUT2D eigenvalue weighted by Gasteiger charge is 2.05. The monoisotopic (exact) mass is 325 g/mol. The van der Waals surface area contributed by atoms with Crippen molar-refractivity contribution in [3.63, 3.8) is 0 Å². The Kier molecular flexibility index (Phi) is 5.26. The quantitative estimate of drug-likeness (QED) is 0.640. The lowest BCUT2D eigenvalue weighted by molar-refractivity contribution is 0.533. The van der Waals surface area contributed by atoms with Gasteiger partial charge in [-0.2, -0.15) is 5.10 Å². The summed E-state index contributed by atoms with van der Waals surface area (Å²) in [7, 11) is 0. The van der Waals surface area contributed by atoms with Gasteiger partial charge in [0.05, 0.1) is 11.7 Å². The minimum absolute atomic E-state index is 0.131.